The summed E-state index contributed by atoms with van der Waals surface area (Å²) in [5.74, 6) is -0.534. The number of aryl methyl sites for hydroxylation is 3. The number of halogens is 1. The van der Waals surface area contributed by atoms with E-state index in [1.54, 1.807) is 18.2 Å². The fraction of sp³-hybridized carbons (Fsp3) is 0.300. The van der Waals surface area contributed by atoms with Crippen LogP contribution in [-0.2, 0) is 9.53 Å². The first-order valence-corrected chi connectivity index (χ1v) is 8.54. The standard InChI is InChI=1S/C20H22ClNO4/c1-11-8-12(2)18(13(3)9-11)20(24)26-14(4)19(23)22-16-10-15(21)6-7-17(16)25-5/h6-10,14H,1-5H3,(H,22,23). The first kappa shape index (κ1) is 19.8. The molecule has 1 unspecified atom stereocenters. The van der Waals surface area contributed by atoms with Gasteiger partial charge in [-0.15, -0.1) is 0 Å². The first-order valence-electron chi connectivity index (χ1n) is 8.16. The molecule has 138 valence electrons. The number of carbonyl (C=O) groups is 2. The number of methoxy groups -OCH3 is 1. The van der Waals surface area contributed by atoms with E-state index in [9.17, 15) is 9.59 Å². The molecule has 2 rings (SSSR count). The number of esters is 1. The van der Waals surface area contributed by atoms with Crippen molar-refractivity contribution in [1.82, 2.24) is 0 Å². The smallest absolute Gasteiger partial charge is 0.339 e. The lowest BCUT2D eigenvalue weighted by Gasteiger charge is -2.17. The van der Waals surface area contributed by atoms with Crippen LogP contribution < -0.4 is 10.1 Å². The third-order valence-electron chi connectivity index (χ3n) is 3.95. The number of rotatable bonds is 5. The predicted molar refractivity (Wildman–Crippen MR) is 102 cm³/mol. The number of nitrogens with one attached hydrogen (secondary N) is 1. The molecule has 1 amide bonds. The van der Waals surface area contributed by atoms with Gasteiger partial charge in [0.05, 0.1) is 18.4 Å². The van der Waals surface area contributed by atoms with Crippen molar-refractivity contribution in [3.8, 4) is 5.75 Å². The lowest BCUT2D eigenvalue weighted by molar-refractivity contribution is -0.123. The minimum atomic E-state index is -0.980. The zero-order valence-corrected chi connectivity index (χ0v) is 16.2. The van der Waals surface area contributed by atoms with Crippen LogP contribution in [-0.4, -0.2) is 25.1 Å². The highest BCUT2D eigenvalue weighted by atomic mass is 35.5. The van der Waals surface area contributed by atoms with E-state index in [-0.39, 0.29) is 0 Å². The molecule has 0 saturated heterocycles. The molecule has 2 aromatic rings. The molecule has 0 aromatic heterocycles. The van der Waals surface area contributed by atoms with Crippen molar-refractivity contribution in [3.05, 3.63) is 57.6 Å². The average molecular weight is 376 g/mol. The van der Waals surface area contributed by atoms with Gasteiger partial charge in [0.15, 0.2) is 6.10 Å². The number of carbonyl (C=O) groups excluding carboxylic acids is 2. The molecule has 1 atom stereocenters. The molecule has 0 radical (unpaired) electrons. The van der Waals surface area contributed by atoms with E-state index in [0.717, 1.165) is 16.7 Å². The summed E-state index contributed by atoms with van der Waals surface area (Å²) in [5.41, 5.74) is 3.59. The van der Waals surface area contributed by atoms with E-state index in [1.165, 1.54) is 14.0 Å². The van der Waals surface area contributed by atoms with Crippen LogP contribution in [0.5, 0.6) is 5.75 Å². The van der Waals surface area contributed by atoms with Gasteiger partial charge in [-0.05, 0) is 57.0 Å². The molecule has 0 bridgehead atoms. The molecule has 26 heavy (non-hydrogen) atoms. The van der Waals surface area contributed by atoms with Gasteiger partial charge in [-0.1, -0.05) is 29.3 Å². The van der Waals surface area contributed by atoms with Crippen molar-refractivity contribution >= 4 is 29.2 Å². The fourth-order valence-corrected chi connectivity index (χ4v) is 2.96. The predicted octanol–water partition coefficient (Wildman–Crippen LogP) is 4.46. The Balaban J connectivity index is 2.13. The molecule has 0 saturated carbocycles. The minimum absolute atomic E-state index is 0.413. The second-order valence-electron chi connectivity index (χ2n) is 6.16. The molecule has 0 fully saturated rings. The number of ether oxygens (including phenoxy) is 2. The Bertz CT molecular complexity index is 825. The number of amides is 1. The Hall–Kier alpha value is -2.53. The van der Waals surface area contributed by atoms with Crippen LogP contribution in [0.2, 0.25) is 5.02 Å². The average Bonchev–Trinajstić information content (AvgIpc) is 2.53. The first-order chi connectivity index (χ1) is 12.2. The summed E-state index contributed by atoms with van der Waals surface area (Å²) in [7, 11) is 1.49. The van der Waals surface area contributed by atoms with Gasteiger partial charge in [0.1, 0.15) is 5.75 Å². The number of benzene rings is 2. The van der Waals surface area contributed by atoms with Crippen LogP contribution in [0.1, 0.15) is 34.0 Å². The highest BCUT2D eigenvalue weighted by Crippen LogP contribution is 2.28. The van der Waals surface area contributed by atoms with Crippen LogP contribution >= 0.6 is 11.6 Å². The third-order valence-corrected chi connectivity index (χ3v) is 4.19. The zero-order chi connectivity index (χ0) is 19.4. The van der Waals surface area contributed by atoms with Gasteiger partial charge in [-0.25, -0.2) is 4.79 Å². The number of hydrogen-bond acceptors (Lipinski definition) is 4. The summed E-state index contributed by atoms with van der Waals surface area (Å²) in [5, 5.41) is 3.13. The molecule has 0 aliphatic heterocycles. The summed E-state index contributed by atoms with van der Waals surface area (Å²) in [6.45, 7) is 7.17. The second-order valence-corrected chi connectivity index (χ2v) is 6.59. The Morgan fingerprint density at radius 3 is 2.27 bits per heavy atom. The largest absolute Gasteiger partial charge is 0.495 e. The number of anilines is 1. The molecule has 5 nitrogen and oxygen atoms in total. The fourth-order valence-electron chi connectivity index (χ4n) is 2.79. The van der Waals surface area contributed by atoms with Gasteiger partial charge in [-0.2, -0.15) is 0 Å². The SMILES string of the molecule is COc1ccc(Cl)cc1NC(=O)C(C)OC(=O)c1c(C)cc(C)cc1C. The molecule has 1 N–H and O–H groups in total. The maximum atomic E-state index is 12.5. The third kappa shape index (κ3) is 4.55. The highest BCUT2D eigenvalue weighted by molar-refractivity contribution is 6.31. The molecule has 2 aromatic carbocycles. The van der Waals surface area contributed by atoms with Crippen LogP contribution in [0, 0.1) is 20.8 Å². The van der Waals surface area contributed by atoms with E-state index < -0.39 is 18.0 Å². The summed E-state index contributed by atoms with van der Waals surface area (Å²) >= 11 is 5.96. The van der Waals surface area contributed by atoms with Gasteiger partial charge in [-0.3, -0.25) is 4.79 Å². The van der Waals surface area contributed by atoms with Crippen LogP contribution in [0.25, 0.3) is 0 Å². The van der Waals surface area contributed by atoms with Crippen LogP contribution in [0.3, 0.4) is 0 Å². The molecule has 0 aliphatic rings. The molecular weight excluding hydrogens is 354 g/mol. The van der Waals surface area contributed by atoms with Crippen molar-refractivity contribution in [2.24, 2.45) is 0 Å². The van der Waals surface area contributed by atoms with E-state index in [4.69, 9.17) is 21.1 Å². The molecular formula is C20H22ClNO4. The van der Waals surface area contributed by atoms with Crippen LogP contribution in [0.15, 0.2) is 30.3 Å². The molecule has 0 aliphatic carbocycles. The van der Waals surface area contributed by atoms with Gasteiger partial charge in [0.2, 0.25) is 0 Å². The van der Waals surface area contributed by atoms with Crippen molar-refractivity contribution in [3.63, 3.8) is 0 Å². The summed E-state index contributed by atoms with van der Waals surface area (Å²) in [4.78, 5) is 24.9. The summed E-state index contributed by atoms with van der Waals surface area (Å²) < 4.78 is 10.5. The van der Waals surface area contributed by atoms with E-state index >= 15 is 0 Å². The monoisotopic (exact) mass is 375 g/mol. The molecule has 0 heterocycles. The second kappa shape index (κ2) is 8.23. The topological polar surface area (TPSA) is 64.6 Å². The Labute approximate surface area is 158 Å². The Morgan fingerprint density at radius 2 is 1.69 bits per heavy atom. The summed E-state index contributed by atoms with van der Waals surface area (Å²) in [6, 6.07) is 8.69. The van der Waals surface area contributed by atoms with Gasteiger partial charge < -0.3 is 14.8 Å². The summed E-state index contributed by atoms with van der Waals surface area (Å²) in [6.07, 6.45) is -0.980. The maximum Gasteiger partial charge on any atom is 0.339 e. The lowest BCUT2D eigenvalue weighted by Crippen LogP contribution is -2.30. The minimum Gasteiger partial charge on any atom is -0.495 e. The molecule has 0 spiro atoms. The Morgan fingerprint density at radius 1 is 1.08 bits per heavy atom. The van der Waals surface area contributed by atoms with Crippen molar-refractivity contribution in [2.45, 2.75) is 33.8 Å². The quantitative estimate of drug-likeness (QED) is 0.784. The van der Waals surface area contributed by atoms with Crippen molar-refractivity contribution in [2.75, 3.05) is 12.4 Å². The lowest BCUT2D eigenvalue weighted by atomic mass is 10.00. The highest BCUT2D eigenvalue weighted by Gasteiger charge is 2.22. The van der Waals surface area contributed by atoms with Gasteiger partial charge in [0, 0.05) is 5.02 Å². The van der Waals surface area contributed by atoms with Gasteiger partial charge >= 0.3 is 5.97 Å². The van der Waals surface area contributed by atoms with E-state index in [2.05, 4.69) is 5.32 Å². The Kier molecular flexibility index (Phi) is 6.27. The number of hydrogen-bond donors (Lipinski definition) is 1. The zero-order valence-electron chi connectivity index (χ0n) is 15.5. The van der Waals surface area contributed by atoms with Crippen molar-refractivity contribution in [1.29, 1.82) is 0 Å². The normalized spacial score (nSPS) is 11.6. The van der Waals surface area contributed by atoms with Crippen LogP contribution in [0.4, 0.5) is 5.69 Å². The van der Waals surface area contributed by atoms with Crippen molar-refractivity contribution < 1.29 is 19.1 Å². The van der Waals surface area contributed by atoms with Gasteiger partial charge in [0.25, 0.3) is 5.91 Å². The van der Waals surface area contributed by atoms with E-state index in [0.29, 0.717) is 22.0 Å². The maximum absolute atomic E-state index is 12.5. The molecule has 6 heteroatoms. The van der Waals surface area contributed by atoms with E-state index in [1.807, 2.05) is 32.9 Å².